The number of carboxylic acids is 1. The maximum atomic E-state index is 12.5. The predicted octanol–water partition coefficient (Wildman–Crippen LogP) is 4.42. The van der Waals surface area contributed by atoms with Gasteiger partial charge in [0.05, 0.1) is 20.3 Å². The second kappa shape index (κ2) is 12.4. The Bertz CT molecular complexity index is 1080. The summed E-state index contributed by atoms with van der Waals surface area (Å²) in [6.07, 6.45) is -0.0957. The minimum atomic E-state index is -1.03. The lowest BCUT2D eigenvalue weighted by Crippen LogP contribution is -2.25. The Morgan fingerprint density at radius 3 is 2.06 bits per heavy atom. The van der Waals surface area contributed by atoms with Gasteiger partial charge < -0.3 is 24.1 Å². The number of carbonyl (C=O) groups excluding carboxylic acids is 1. The van der Waals surface area contributed by atoms with Gasteiger partial charge >= 0.3 is 5.97 Å². The molecule has 0 aliphatic carbocycles. The number of methoxy groups -OCH3 is 2. The SMILES string of the molecule is COc1cc(OCCCOc2ccc(C(=O)c3ccccc3)cc2)ccc1C[C@H](OC)C(=O)O. The molecule has 0 saturated carbocycles. The van der Waals surface area contributed by atoms with E-state index in [1.807, 2.05) is 18.2 Å². The van der Waals surface area contributed by atoms with Crippen LogP contribution < -0.4 is 14.2 Å². The summed E-state index contributed by atoms with van der Waals surface area (Å²) in [6, 6.07) is 21.5. The molecule has 1 N–H and O–H groups in total. The van der Waals surface area contributed by atoms with E-state index < -0.39 is 12.1 Å². The van der Waals surface area contributed by atoms with Crippen molar-refractivity contribution >= 4 is 11.8 Å². The van der Waals surface area contributed by atoms with Crippen molar-refractivity contribution in [1.29, 1.82) is 0 Å². The van der Waals surface area contributed by atoms with Crippen molar-refractivity contribution in [3.05, 3.63) is 89.5 Å². The van der Waals surface area contributed by atoms with Gasteiger partial charge in [-0.05, 0) is 35.9 Å². The van der Waals surface area contributed by atoms with Gasteiger partial charge in [0.1, 0.15) is 17.2 Å². The zero-order chi connectivity index (χ0) is 24.3. The molecule has 0 fully saturated rings. The van der Waals surface area contributed by atoms with Gasteiger partial charge in [0, 0.05) is 37.1 Å². The number of rotatable bonds is 13. The van der Waals surface area contributed by atoms with Gasteiger partial charge in [-0.15, -0.1) is 0 Å². The fourth-order valence-electron chi connectivity index (χ4n) is 3.35. The lowest BCUT2D eigenvalue weighted by molar-refractivity contribution is -0.148. The standard InChI is InChI=1S/C27H28O7/c1-31-24-18-23(14-11-21(24)17-25(32-2)27(29)30)34-16-6-15-33-22-12-9-20(10-13-22)26(28)19-7-4-3-5-8-19/h3-5,7-14,18,25H,6,15-17H2,1-2H3,(H,29,30)/t25-/m0/s1. The Labute approximate surface area is 198 Å². The Balaban J connectivity index is 1.45. The monoisotopic (exact) mass is 464 g/mol. The molecule has 0 radical (unpaired) electrons. The van der Waals surface area contributed by atoms with Crippen molar-refractivity contribution < 1.29 is 33.6 Å². The maximum Gasteiger partial charge on any atom is 0.333 e. The molecule has 0 saturated heterocycles. The number of hydrogen-bond donors (Lipinski definition) is 1. The molecule has 0 bridgehead atoms. The number of aliphatic carboxylic acids is 1. The molecule has 7 nitrogen and oxygen atoms in total. The van der Waals surface area contributed by atoms with Gasteiger partial charge in [0.25, 0.3) is 0 Å². The number of ether oxygens (including phenoxy) is 4. The molecule has 0 aromatic heterocycles. The third kappa shape index (κ3) is 6.83. The predicted molar refractivity (Wildman–Crippen MR) is 127 cm³/mol. The van der Waals surface area contributed by atoms with E-state index in [0.29, 0.717) is 48.0 Å². The van der Waals surface area contributed by atoms with Crippen LogP contribution in [-0.4, -0.2) is 50.4 Å². The minimum Gasteiger partial charge on any atom is -0.496 e. The maximum absolute atomic E-state index is 12.5. The van der Waals surface area contributed by atoms with Crippen molar-refractivity contribution in [3.63, 3.8) is 0 Å². The fraction of sp³-hybridized carbons (Fsp3) is 0.259. The van der Waals surface area contributed by atoms with E-state index in [1.165, 1.54) is 14.2 Å². The highest BCUT2D eigenvalue weighted by Gasteiger charge is 2.19. The molecule has 0 aliphatic rings. The van der Waals surface area contributed by atoms with Crippen LogP contribution in [0.3, 0.4) is 0 Å². The molecule has 3 aromatic rings. The molecule has 0 heterocycles. The second-order valence-electron chi connectivity index (χ2n) is 7.51. The van der Waals surface area contributed by atoms with Crippen LogP contribution in [-0.2, 0) is 16.0 Å². The molecule has 34 heavy (non-hydrogen) atoms. The summed E-state index contributed by atoms with van der Waals surface area (Å²) >= 11 is 0. The van der Waals surface area contributed by atoms with E-state index >= 15 is 0 Å². The van der Waals surface area contributed by atoms with Crippen molar-refractivity contribution in [1.82, 2.24) is 0 Å². The van der Waals surface area contributed by atoms with Crippen LogP contribution in [0.1, 0.15) is 27.9 Å². The van der Waals surface area contributed by atoms with Crippen molar-refractivity contribution in [3.8, 4) is 17.2 Å². The molecule has 0 aliphatic heterocycles. The average molecular weight is 465 g/mol. The quantitative estimate of drug-likeness (QED) is 0.296. The fourth-order valence-corrected chi connectivity index (χ4v) is 3.35. The highest BCUT2D eigenvalue weighted by Crippen LogP contribution is 2.26. The Kier molecular flexibility index (Phi) is 9.05. The van der Waals surface area contributed by atoms with Crippen LogP contribution in [0.2, 0.25) is 0 Å². The third-order valence-electron chi connectivity index (χ3n) is 5.20. The van der Waals surface area contributed by atoms with E-state index in [2.05, 4.69) is 0 Å². The topological polar surface area (TPSA) is 91.3 Å². The van der Waals surface area contributed by atoms with Crippen LogP contribution in [0, 0.1) is 0 Å². The number of ketones is 1. The number of carboxylic acid groups (broad SMARTS) is 1. The zero-order valence-electron chi connectivity index (χ0n) is 19.2. The number of benzene rings is 3. The van der Waals surface area contributed by atoms with Crippen LogP contribution in [0.5, 0.6) is 17.2 Å². The van der Waals surface area contributed by atoms with Crippen LogP contribution in [0.4, 0.5) is 0 Å². The van der Waals surface area contributed by atoms with Gasteiger partial charge in [0.2, 0.25) is 0 Å². The normalized spacial score (nSPS) is 11.5. The first-order valence-electron chi connectivity index (χ1n) is 10.9. The summed E-state index contributed by atoms with van der Waals surface area (Å²) in [7, 11) is 2.89. The Morgan fingerprint density at radius 1 is 0.824 bits per heavy atom. The molecular formula is C27H28O7. The molecule has 3 rings (SSSR count). The summed E-state index contributed by atoms with van der Waals surface area (Å²) in [5.74, 6) is 0.794. The van der Waals surface area contributed by atoms with Crippen molar-refractivity contribution in [2.45, 2.75) is 18.9 Å². The summed E-state index contributed by atoms with van der Waals surface area (Å²) in [5.41, 5.74) is 1.99. The van der Waals surface area contributed by atoms with E-state index in [9.17, 15) is 9.59 Å². The van der Waals surface area contributed by atoms with Crippen molar-refractivity contribution in [2.75, 3.05) is 27.4 Å². The summed E-state index contributed by atoms with van der Waals surface area (Å²) in [4.78, 5) is 23.7. The van der Waals surface area contributed by atoms with E-state index in [0.717, 1.165) is 5.56 Å². The summed E-state index contributed by atoms with van der Waals surface area (Å²) in [6.45, 7) is 0.887. The first-order valence-corrected chi connectivity index (χ1v) is 10.9. The molecular weight excluding hydrogens is 436 g/mol. The van der Waals surface area contributed by atoms with Gasteiger partial charge in [-0.2, -0.15) is 0 Å². The smallest absolute Gasteiger partial charge is 0.333 e. The molecule has 0 amide bonds. The van der Waals surface area contributed by atoms with Gasteiger partial charge in [-0.3, -0.25) is 4.79 Å². The minimum absolute atomic E-state index is 0.0253. The van der Waals surface area contributed by atoms with E-state index in [-0.39, 0.29) is 12.2 Å². The molecule has 7 heteroatoms. The second-order valence-corrected chi connectivity index (χ2v) is 7.51. The zero-order valence-corrected chi connectivity index (χ0v) is 19.2. The van der Waals surface area contributed by atoms with Crippen molar-refractivity contribution in [2.24, 2.45) is 0 Å². The molecule has 1 atom stereocenters. The molecule has 3 aromatic carbocycles. The lowest BCUT2D eigenvalue weighted by atomic mass is 10.0. The summed E-state index contributed by atoms with van der Waals surface area (Å²) < 4.78 is 21.9. The third-order valence-corrected chi connectivity index (χ3v) is 5.20. The Hall–Kier alpha value is -3.84. The molecule has 0 unspecified atom stereocenters. The molecule has 178 valence electrons. The first-order chi connectivity index (χ1) is 16.5. The van der Waals surface area contributed by atoms with Crippen LogP contribution >= 0.6 is 0 Å². The van der Waals surface area contributed by atoms with E-state index in [1.54, 1.807) is 54.6 Å². The summed E-state index contributed by atoms with van der Waals surface area (Å²) in [5, 5.41) is 9.17. The Morgan fingerprint density at radius 2 is 1.44 bits per heavy atom. The lowest BCUT2D eigenvalue weighted by Gasteiger charge is -2.15. The largest absolute Gasteiger partial charge is 0.496 e. The molecule has 0 spiro atoms. The highest BCUT2D eigenvalue weighted by atomic mass is 16.5. The highest BCUT2D eigenvalue weighted by molar-refractivity contribution is 6.08. The number of carbonyl (C=O) groups is 2. The van der Waals surface area contributed by atoms with Crippen LogP contribution in [0.25, 0.3) is 0 Å². The van der Waals surface area contributed by atoms with Gasteiger partial charge in [-0.1, -0.05) is 36.4 Å². The van der Waals surface area contributed by atoms with Gasteiger partial charge in [-0.25, -0.2) is 4.79 Å². The van der Waals surface area contributed by atoms with Gasteiger partial charge in [0.15, 0.2) is 11.9 Å². The van der Waals surface area contributed by atoms with Crippen LogP contribution in [0.15, 0.2) is 72.8 Å². The first kappa shape index (κ1) is 24.8. The van der Waals surface area contributed by atoms with E-state index in [4.69, 9.17) is 24.1 Å². The number of hydrogen-bond acceptors (Lipinski definition) is 6. The average Bonchev–Trinajstić information content (AvgIpc) is 2.87.